The highest BCUT2D eigenvalue weighted by Crippen LogP contribution is 2.24. The van der Waals surface area contributed by atoms with Gasteiger partial charge in [0, 0.05) is 18.9 Å². The molecule has 3 rings (SSSR count). The van der Waals surface area contributed by atoms with Crippen LogP contribution in [0.5, 0.6) is 5.75 Å². The fourth-order valence-corrected chi connectivity index (χ4v) is 3.39. The number of nitrogens with zero attached hydrogens (tertiary/aromatic N) is 2. The molecular weight excluding hydrogens is 304 g/mol. The van der Waals surface area contributed by atoms with E-state index in [1.165, 1.54) is 23.8 Å². The van der Waals surface area contributed by atoms with Crippen LogP contribution in [-0.4, -0.2) is 16.2 Å². The Morgan fingerprint density at radius 1 is 0.958 bits per heavy atom. The number of rotatable bonds is 5. The Hall–Kier alpha value is -2.30. The van der Waals surface area contributed by atoms with Crippen molar-refractivity contribution in [2.24, 2.45) is 5.92 Å². The van der Waals surface area contributed by atoms with Crippen LogP contribution < -0.4 is 15.9 Å². The largest absolute Gasteiger partial charge is 0.497 e. The number of hydrogen-bond donors (Lipinski definition) is 0. The first-order chi connectivity index (χ1) is 11.7. The Morgan fingerprint density at radius 2 is 1.58 bits per heavy atom. The first kappa shape index (κ1) is 16.6. The lowest BCUT2D eigenvalue weighted by atomic mass is 9.89. The number of benzene rings is 1. The van der Waals surface area contributed by atoms with Gasteiger partial charge in [-0.2, -0.15) is 0 Å². The van der Waals surface area contributed by atoms with Crippen molar-refractivity contribution in [2.75, 3.05) is 7.11 Å². The van der Waals surface area contributed by atoms with Gasteiger partial charge in [0.25, 0.3) is 0 Å². The maximum Gasteiger partial charge on any atom is 0.316 e. The van der Waals surface area contributed by atoms with Crippen LogP contribution in [0.3, 0.4) is 0 Å². The lowest BCUT2D eigenvalue weighted by molar-refractivity contribution is 0.314. The van der Waals surface area contributed by atoms with Crippen LogP contribution in [-0.2, 0) is 13.1 Å². The van der Waals surface area contributed by atoms with Crippen molar-refractivity contribution in [3.63, 3.8) is 0 Å². The van der Waals surface area contributed by atoms with Gasteiger partial charge in [0.15, 0.2) is 0 Å². The molecule has 0 spiro atoms. The van der Waals surface area contributed by atoms with Gasteiger partial charge in [0.1, 0.15) is 5.75 Å². The number of ether oxygens (including phenoxy) is 1. The molecule has 1 aliphatic carbocycles. The monoisotopic (exact) mass is 328 g/mol. The van der Waals surface area contributed by atoms with Crippen molar-refractivity contribution in [2.45, 2.75) is 45.2 Å². The number of hydrogen-bond acceptors (Lipinski definition) is 3. The summed E-state index contributed by atoms with van der Waals surface area (Å²) in [7, 11) is 1.62. The zero-order valence-electron chi connectivity index (χ0n) is 14.1. The van der Waals surface area contributed by atoms with Gasteiger partial charge in [-0.25, -0.2) is 0 Å². The summed E-state index contributed by atoms with van der Waals surface area (Å²) >= 11 is 0. The topological polar surface area (TPSA) is 53.2 Å². The van der Waals surface area contributed by atoms with E-state index >= 15 is 0 Å². The highest BCUT2D eigenvalue weighted by atomic mass is 16.5. The summed E-state index contributed by atoms with van der Waals surface area (Å²) in [5.41, 5.74) is 0.0862. The Kier molecular flexibility index (Phi) is 5.18. The van der Waals surface area contributed by atoms with Crippen molar-refractivity contribution >= 4 is 0 Å². The third kappa shape index (κ3) is 3.78. The average Bonchev–Trinajstić information content (AvgIpc) is 2.63. The molecule has 1 aliphatic rings. The molecule has 1 aromatic heterocycles. The van der Waals surface area contributed by atoms with Gasteiger partial charge in [0.05, 0.1) is 13.7 Å². The van der Waals surface area contributed by atoms with E-state index in [0.717, 1.165) is 24.2 Å². The van der Waals surface area contributed by atoms with E-state index in [1.807, 2.05) is 24.3 Å². The summed E-state index contributed by atoms with van der Waals surface area (Å²) in [5.74, 6) is 1.29. The maximum atomic E-state index is 12.4. The molecule has 128 valence electrons. The molecule has 24 heavy (non-hydrogen) atoms. The molecule has 0 amide bonds. The van der Waals surface area contributed by atoms with Crippen molar-refractivity contribution in [3.05, 3.63) is 62.9 Å². The molecule has 5 heteroatoms. The summed E-state index contributed by atoms with van der Waals surface area (Å²) in [6, 6.07) is 7.51. The van der Waals surface area contributed by atoms with E-state index in [1.54, 1.807) is 24.1 Å². The van der Waals surface area contributed by atoms with Crippen LogP contribution >= 0.6 is 0 Å². The highest BCUT2D eigenvalue weighted by Gasteiger charge is 2.15. The molecular formula is C19H24N2O3. The minimum Gasteiger partial charge on any atom is -0.497 e. The molecule has 0 aliphatic heterocycles. The van der Waals surface area contributed by atoms with Crippen molar-refractivity contribution in [3.8, 4) is 5.75 Å². The molecule has 0 unspecified atom stereocenters. The van der Waals surface area contributed by atoms with E-state index in [2.05, 4.69) is 0 Å². The Morgan fingerprint density at radius 3 is 2.25 bits per heavy atom. The lowest BCUT2D eigenvalue weighted by Gasteiger charge is -2.22. The van der Waals surface area contributed by atoms with Gasteiger partial charge >= 0.3 is 11.1 Å². The predicted molar refractivity (Wildman–Crippen MR) is 93.6 cm³/mol. The minimum atomic E-state index is -0.455. The van der Waals surface area contributed by atoms with Gasteiger partial charge < -0.3 is 13.9 Å². The van der Waals surface area contributed by atoms with Crippen LogP contribution in [0.4, 0.5) is 0 Å². The van der Waals surface area contributed by atoms with E-state index in [9.17, 15) is 9.59 Å². The highest BCUT2D eigenvalue weighted by molar-refractivity contribution is 5.27. The molecule has 0 bridgehead atoms. The number of aromatic nitrogens is 2. The molecule has 1 saturated carbocycles. The predicted octanol–water partition coefficient (Wildman–Crippen LogP) is 2.65. The van der Waals surface area contributed by atoms with Gasteiger partial charge in [-0.15, -0.1) is 0 Å². The van der Waals surface area contributed by atoms with Gasteiger partial charge in [-0.05, 0) is 36.5 Å². The zero-order chi connectivity index (χ0) is 16.9. The first-order valence-electron chi connectivity index (χ1n) is 8.60. The summed E-state index contributed by atoms with van der Waals surface area (Å²) in [6.07, 6.45) is 9.53. The molecule has 0 saturated heterocycles. The normalized spacial score (nSPS) is 15.4. The average molecular weight is 328 g/mol. The molecule has 1 heterocycles. The summed E-state index contributed by atoms with van der Waals surface area (Å²) in [5, 5.41) is 0. The van der Waals surface area contributed by atoms with Crippen LogP contribution in [0.15, 0.2) is 46.2 Å². The molecule has 0 N–H and O–H groups in total. The molecule has 1 fully saturated rings. The second-order valence-electron chi connectivity index (χ2n) is 6.54. The smallest absolute Gasteiger partial charge is 0.316 e. The Balaban J connectivity index is 1.76. The molecule has 2 aromatic rings. The third-order valence-corrected chi connectivity index (χ3v) is 4.82. The fourth-order valence-electron chi connectivity index (χ4n) is 3.39. The van der Waals surface area contributed by atoms with E-state index < -0.39 is 11.1 Å². The third-order valence-electron chi connectivity index (χ3n) is 4.82. The van der Waals surface area contributed by atoms with Crippen molar-refractivity contribution in [1.29, 1.82) is 0 Å². The summed E-state index contributed by atoms with van der Waals surface area (Å²) in [4.78, 5) is 24.7. The Labute approximate surface area is 141 Å². The van der Waals surface area contributed by atoms with Crippen molar-refractivity contribution < 1.29 is 4.74 Å². The molecule has 0 atom stereocenters. The van der Waals surface area contributed by atoms with Gasteiger partial charge in [-0.1, -0.05) is 31.4 Å². The van der Waals surface area contributed by atoms with Gasteiger partial charge in [0.2, 0.25) is 0 Å². The van der Waals surface area contributed by atoms with Crippen LogP contribution in [0.2, 0.25) is 0 Å². The van der Waals surface area contributed by atoms with Crippen molar-refractivity contribution in [1.82, 2.24) is 9.13 Å². The van der Waals surface area contributed by atoms with Crippen LogP contribution in [0, 0.1) is 5.92 Å². The number of methoxy groups -OCH3 is 1. The minimum absolute atomic E-state index is 0.391. The second kappa shape index (κ2) is 7.51. The second-order valence-corrected chi connectivity index (χ2v) is 6.54. The fraction of sp³-hybridized carbons (Fsp3) is 0.474. The van der Waals surface area contributed by atoms with Crippen LogP contribution in [0.1, 0.15) is 37.7 Å². The quantitative estimate of drug-likeness (QED) is 0.793. The summed E-state index contributed by atoms with van der Waals surface area (Å²) < 4.78 is 8.19. The van der Waals surface area contributed by atoms with E-state index in [4.69, 9.17) is 4.74 Å². The van der Waals surface area contributed by atoms with E-state index in [0.29, 0.717) is 19.0 Å². The maximum absolute atomic E-state index is 12.4. The zero-order valence-corrected chi connectivity index (χ0v) is 14.1. The molecule has 0 radical (unpaired) electrons. The molecule has 1 aromatic carbocycles. The standard InChI is InChI=1S/C19H24N2O3/c1-24-17-9-7-16(8-10-17)14-21-12-11-20(18(22)19(21)23)13-15-5-3-2-4-6-15/h7-12,15H,2-6,13-14H2,1H3. The first-order valence-corrected chi connectivity index (χ1v) is 8.60. The van der Waals surface area contributed by atoms with Gasteiger partial charge in [-0.3, -0.25) is 9.59 Å². The van der Waals surface area contributed by atoms with Crippen LogP contribution in [0.25, 0.3) is 0 Å². The summed E-state index contributed by atoms with van der Waals surface area (Å²) in [6.45, 7) is 1.06. The SMILES string of the molecule is COc1ccc(Cn2ccn(CC3CCCCC3)c(=O)c2=O)cc1. The lowest BCUT2D eigenvalue weighted by Crippen LogP contribution is -2.41. The molecule has 5 nitrogen and oxygen atoms in total. The van der Waals surface area contributed by atoms with E-state index in [-0.39, 0.29) is 0 Å². The Bertz CT molecular complexity index is 783.